The lowest BCUT2D eigenvalue weighted by atomic mass is 10.0. The highest BCUT2D eigenvalue weighted by Crippen LogP contribution is 2.21. The first-order valence-corrected chi connectivity index (χ1v) is 6.94. The quantitative estimate of drug-likeness (QED) is 0.849. The Hall–Kier alpha value is -2.49. The molecule has 0 N–H and O–H groups in total. The first-order valence-electron chi connectivity index (χ1n) is 6.94. The third-order valence-electron chi connectivity index (χ3n) is 3.65. The molecule has 0 unspecified atom stereocenters. The Kier molecular flexibility index (Phi) is 3.77. The zero-order valence-corrected chi connectivity index (χ0v) is 11.9. The van der Waals surface area contributed by atoms with Gasteiger partial charge in [-0.15, -0.1) is 0 Å². The molecule has 0 saturated heterocycles. The van der Waals surface area contributed by atoms with E-state index in [1.165, 1.54) is 11.1 Å². The molecule has 108 valence electrons. The number of fused-ring (bicyclic) bond motifs is 1. The predicted molar refractivity (Wildman–Crippen MR) is 79.6 cm³/mol. The lowest BCUT2D eigenvalue weighted by molar-refractivity contribution is 0.147. The number of carbonyl (C=O) groups excluding carboxylic acids is 1. The van der Waals surface area contributed by atoms with Gasteiger partial charge in [0.1, 0.15) is 11.5 Å². The van der Waals surface area contributed by atoms with Crippen molar-refractivity contribution in [3.8, 4) is 11.5 Å². The van der Waals surface area contributed by atoms with Gasteiger partial charge >= 0.3 is 6.09 Å². The summed E-state index contributed by atoms with van der Waals surface area (Å²) in [5.74, 6) is 1.27. The van der Waals surface area contributed by atoms with Gasteiger partial charge in [0.15, 0.2) is 0 Å². The van der Waals surface area contributed by atoms with E-state index >= 15 is 0 Å². The second-order valence-electron chi connectivity index (χ2n) is 4.98. The van der Waals surface area contributed by atoms with Crippen LogP contribution in [0, 0.1) is 0 Å². The van der Waals surface area contributed by atoms with Crippen molar-refractivity contribution < 1.29 is 14.3 Å². The molecule has 0 fully saturated rings. The summed E-state index contributed by atoms with van der Waals surface area (Å²) in [4.78, 5) is 13.9. The van der Waals surface area contributed by atoms with Crippen LogP contribution in [0.4, 0.5) is 4.79 Å². The molecule has 1 heterocycles. The Labute approximate surface area is 123 Å². The molecule has 2 aromatic rings. The number of ether oxygens (including phenoxy) is 2. The van der Waals surface area contributed by atoms with Gasteiger partial charge in [0.25, 0.3) is 0 Å². The van der Waals surface area contributed by atoms with Crippen molar-refractivity contribution in [2.75, 3.05) is 13.7 Å². The summed E-state index contributed by atoms with van der Waals surface area (Å²) in [6.07, 6.45) is 0.558. The molecule has 1 aliphatic rings. The fourth-order valence-corrected chi connectivity index (χ4v) is 2.46. The minimum atomic E-state index is -0.310. The summed E-state index contributed by atoms with van der Waals surface area (Å²) < 4.78 is 10.5. The van der Waals surface area contributed by atoms with E-state index in [1.54, 1.807) is 36.3 Å². The summed E-state index contributed by atoms with van der Waals surface area (Å²) in [6, 6.07) is 15.2. The number of rotatable bonds is 2. The standard InChI is InChI=1S/C17H17NO3/c1-20-15-6-8-16(9-7-15)21-17(19)18-11-10-13-4-2-3-5-14(13)12-18/h2-9H,10-12H2,1H3. The number of benzene rings is 2. The second kappa shape index (κ2) is 5.87. The van der Waals surface area contributed by atoms with Crippen LogP contribution in [-0.4, -0.2) is 24.6 Å². The van der Waals surface area contributed by atoms with E-state index in [-0.39, 0.29) is 6.09 Å². The molecular formula is C17H17NO3. The Balaban J connectivity index is 1.66. The Morgan fingerprint density at radius 2 is 1.67 bits per heavy atom. The fourth-order valence-electron chi connectivity index (χ4n) is 2.46. The van der Waals surface area contributed by atoms with Gasteiger partial charge in [-0.1, -0.05) is 24.3 Å². The maximum absolute atomic E-state index is 12.2. The molecule has 1 aliphatic heterocycles. The molecular weight excluding hydrogens is 266 g/mol. The zero-order chi connectivity index (χ0) is 14.7. The van der Waals surface area contributed by atoms with Crippen LogP contribution < -0.4 is 9.47 Å². The highest BCUT2D eigenvalue weighted by Gasteiger charge is 2.21. The Morgan fingerprint density at radius 3 is 2.38 bits per heavy atom. The molecule has 0 aliphatic carbocycles. The van der Waals surface area contributed by atoms with Crippen molar-refractivity contribution in [2.45, 2.75) is 13.0 Å². The molecule has 0 radical (unpaired) electrons. The number of methoxy groups -OCH3 is 1. The van der Waals surface area contributed by atoms with Crippen molar-refractivity contribution in [2.24, 2.45) is 0 Å². The minimum Gasteiger partial charge on any atom is -0.497 e. The number of amides is 1. The molecule has 0 saturated carbocycles. The van der Waals surface area contributed by atoms with E-state index in [9.17, 15) is 4.79 Å². The third kappa shape index (κ3) is 2.99. The van der Waals surface area contributed by atoms with Crippen LogP contribution in [0.1, 0.15) is 11.1 Å². The molecule has 4 heteroatoms. The number of hydrogen-bond acceptors (Lipinski definition) is 3. The van der Waals surface area contributed by atoms with Gasteiger partial charge in [-0.25, -0.2) is 4.79 Å². The van der Waals surface area contributed by atoms with Gasteiger partial charge in [-0.05, 0) is 41.8 Å². The van der Waals surface area contributed by atoms with Gasteiger partial charge in [-0.2, -0.15) is 0 Å². The van der Waals surface area contributed by atoms with Crippen LogP contribution in [-0.2, 0) is 13.0 Å². The number of hydrogen-bond donors (Lipinski definition) is 0. The van der Waals surface area contributed by atoms with Crippen LogP contribution in [0.5, 0.6) is 11.5 Å². The van der Waals surface area contributed by atoms with Crippen molar-refractivity contribution in [1.29, 1.82) is 0 Å². The van der Waals surface area contributed by atoms with E-state index in [4.69, 9.17) is 9.47 Å². The van der Waals surface area contributed by atoms with Crippen LogP contribution in [0.2, 0.25) is 0 Å². The summed E-state index contributed by atoms with van der Waals surface area (Å²) in [7, 11) is 1.60. The molecule has 1 amide bonds. The lowest BCUT2D eigenvalue weighted by Gasteiger charge is -2.27. The summed E-state index contributed by atoms with van der Waals surface area (Å²) in [5.41, 5.74) is 2.50. The van der Waals surface area contributed by atoms with Crippen LogP contribution in [0.15, 0.2) is 48.5 Å². The van der Waals surface area contributed by atoms with E-state index in [0.717, 1.165) is 12.2 Å². The maximum Gasteiger partial charge on any atom is 0.415 e. The van der Waals surface area contributed by atoms with E-state index in [0.29, 0.717) is 18.8 Å². The average molecular weight is 283 g/mol. The van der Waals surface area contributed by atoms with Gasteiger partial charge in [0.05, 0.1) is 7.11 Å². The molecule has 2 aromatic carbocycles. The Bertz CT molecular complexity index is 637. The third-order valence-corrected chi connectivity index (χ3v) is 3.65. The summed E-state index contributed by atoms with van der Waals surface area (Å²) >= 11 is 0. The lowest BCUT2D eigenvalue weighted by Crippen LogP contribution is -2.37. The smallest absolute Gasteiger partial charge is 0.415 e. The van der Waals surface area contributed by atoms with Crippen molar-refractivity contribution in [1.82, 2.24) is 4.90 Å². The molecule has 0 atom stereocenters. The maximum atomic E-state index is 12.2. The Morgan fingerprint density at radius 1 is 1.00 bits per heavy atom. The molecule has 0 aromatic heterocycles. The second-order valence-corrected chi connectivity index (χ2v) is 4.98. The van der Waals surface area contributed by atoms with E-state index < -0.39 is 0 Å². The topological polar surface area (TPSA) is 38.8 Å². The van der Waals surface area contributed by atoms with Crippen molar-refractivity contribution >= 4 is 6.09 Å². The number of carbonyl (C=O) groups is 1. The highest BCUT2D eigenvalue weighted by atomic mass is 16.6. The molecule has 4 nitrogen and oxygen atoms in total. The predicted octanol–water partition coefficient (Wildman–Crippen LogP) is 3.25. The van der Waals surface area contributed by atoms with Crippen molar-refractivity contribution in [3.63, 3.8) is 0 Å². The van der Waals surface area contributed by atoms with Crippen molar-refractivity contribution in [3.05, 3.63) is 59.7 Å². The van der Waals surface area contributed by atoms with Gasteiger partial charge in [0, 0.05) is 13.1 Å². The number of nitrogens with zero attached hydrogens (tertiary/aromatic N) is 1. The van der Waals surface area contributed by atoms with Crippen LogP contribution in [0.3, 0.4) is 0 Å². The van der Waals surface area contributed by atoms with Crippen LogP contribution in [0.25, 0.3) is 0 Å². The van der Waals surface area contributed by atoms with E-state index in [1.807, 2.05) is 12.1 Å². The molecule has 3 rings (SSSR count). The molecule has 0 bridgehead atoms. The SMILES string of the molecule is COc1ccc(OC(=O)N2CCc3ccccc3C2)cc1. The summed E-state index contributed by atoms with van der Waals surface area (Å²) in [5, 5.41) is 0. The first-order chi connectivity index (χ1) is 10.3. The molecule has 0 spiro atoms. The minimum absolute atomic E-state index is 0.310. The van der Waals surface area contributed by atoms with Gasteiger partial charge < -0.3 is 14.4 Å². The van der Waals surface area contributed by atoms with Crippen LogP contribution >= 0.6 is 0 Å². The average Bonchev–Trinajstić information content (AvgIpc) is 2.55. The highest BCUT2D eigenvalue weighted by molar-refractivity contribution is 5.71. The largest absolute Gasteiger partial charge is 0.497 e. The fraction of sp³-hybridized carbons (Fsp3) is 0.235. The van der Waals surface area contributed by atoms with Gasteiger partial charge in [-0.3, -0.25) is 0 Å². The van der Waals surface area contributed by atoms with Gasteiger partial charge in [0.2, 0.25) is 0 Å². The first kappa shape index (κ1) is 13.5. The normalized spacial score (nSPS) is 13.5. The monoisotopic (exact) mass is 283 g/mol. The zero-order valence-electron chi connectivity index (χ0n) is 11.9. The molecule has 21 heavy (non-hydrogen) atoms. The van der Waals surface area contributed by atoms with E-state index in [2.05, 4.69) is 12.1 Å². The summed E-state index contributed by atoms with van der Waals surface area (Å²) in [6.45, 7) is 1.29.